The monoisotopic (exact) mass is 429 g/mol. The van der Waals surface area contributed by atoms with Crippen LogP contribution in [-0.2, 0) is 0 Å². The van der Waals surface area contributed by atoms with E-state index in [-0.39, 0.29) is 5.95 Å². The Morgan fingerprint density at radius 1 is 0.774 bits per heavy atom. The summed E-state index contributed by atoms with van der Waals surface area (Å²) in [5.41, 5.74) is 12.6. The molecule has 0 unspecified atom stereocenters. The number of nitrogens with zero attached hydrogens (tertiary/aromatic N) is 6. The van der Waals surface area contributed by atoms with E-state index in [1.807, 2.05) is 75.4 Å². The van der Waals surface area contributed by atoms with E-state index in [0.29, 0.717) is 16.5 Å². The molecule has 7 nitrogen and oxygen atoms in total. The Morgan fingerprint density at radius 2 is 1.42 bits per heavy atom. The Kier molecular flexibility index (Phi) is 4.48. The van der Waals surface area contributed by atoms with E-state index in [2.05, 4.69) is 15.1 Å². The van der Waals surface area contributed by atoms with E-state index in [0.717, 1.165) is 33.7 Å². The molecular formula is C23H20ClN7. The fourth-order valence-corrected chi connectivity index (χ4v) is 4.12. The first-order chi connectivity index (χ1) is 14.9. The molecular weight excluding hydrogens is 410 g/mol. The summed E-state index contributed by atoms with van der Waals surface area (Å²) in [5.74, 6) is 0.152. The number of benzene rings is 2. The first-order valence-electron chi connectivity index (χ1n) is 9.85. The van der Waals surface area contributed by atoms with Gasteiger partial charge in [0.1, 0.15) is 5.15 Å². The van der Waals surface area contributed by atoms with Crippen molar-refractivity contribution in [2.75, 3.05) is 5.73 Å². The van der Waals surface area contributed by atoms with Gasteiger partial charge in [0.2, 0.25) is 5.95 Å². The minimum atomic E-state index is 0.152. The summed E-state index contributed by atoms with van der Waals surface area (Å²) in [7, 11) is 0. The molecule has 154 valence electrons. The Hall–Kier alpha value is -3.71. The molecule has 0 aliphatic heterocycles. The number of halogens is 1. The average molecular weight is 430 g/mol. The fraction of sp³-hybridized carbons (Fsp3) is 0.130. The summed E-state index contributed by atoms with van der Waals surface area (Å²) in [4.78, 5) is 9.06. The Bertz CT molecular complexity index is 1420. The van der Waals surface area contributed by atoms with E-state index in [4.69, 9.17) is 22.4 Å². The van der Waals surface area contributed by atoms with Crippen LogP contribution in [0.4, 0.5) is 5.95 Å². The zero-order valence-corrected chi connectivity index (χ0v) is 18.1. The lowest BCUT2D eigenvalue weighted by atomic mass is 10.1. The number of aryl methyl sites for hydroxylation is 3. The second-order valence-corrected chi connectivity index (χ2v) is 7.82. The number of nitrogen functional groups attached to an aromatic ring is 1. The van der Waals surface area contributed by atoms with Crippen LogP contribution in [0.3, 0.4) is 0 Å². The van der Waals surface area contributed by atoms with Crippen LogP contribution in [0.15, 0.2) is 54.6 Å². The van der Waals surface area contributed by atoms with Gasteiger partial charge in [0.15, 0.2) is 5.65 Å². The summed E-state index contributed by atoms with van der Waals surface area (Å²) in [6.07, 6.45) is 0. The minimum absolute atomic E-state index is 0.152. The first-order valence-corrected chi connectivity index (χ1v) is 10.2. The third-order valence-corrected chi connectivity index (χ3v) is 5.59. The van der Waals surface area contributed by atoms with Gasteiger partial charge in [-0.05, 0) is 45.0 Å². The van der Waals surface area contributed by atoms with Crippen LogP contribution in [0.2, 0.25) is 5.15 Å². The number of aromatic nitrogens is 6. The smallest absolute Gasteiger partial charge is 0.222 e. The van der Waals surface area contributed by atoms with Crippen LogP contribution < -0.4 is 5.73 Å². The van der Waals surface area contributed by atoms with Crippen molar-refractivity contribution in [3.8, 4) is 22.6 Å². The summed E-state index contributed by atoms with van der Waals surface area (Å²) >= 11 is 6.82. The second-order valence-electron chi connectivity index (χ2n) is 7.46. The fourth-order valence-electron chi connectivity index (χ4n) is 3.75. The molecule has 0 aliphatic carbocycles. The van der Waals surface area contributed by atoms with Crippen LogP contribution in [0.1, 0.15) is 17.0 Å². The van der Waals surface area contributed by atoms with Crippen LogP contribution in [0.25, 0.3) is 33.7 Å². The third kappa shape index (κ3) is 3.14. The molecule has 8 heteroatoms. The van der Waals surface area contributed by atoms with Gasteiger partial charge in [0, 0.05) is 0 Å². The van der Waals surface area contributed by atoms with E-state index in [1.165, 1.54) is 5.56 Å². The van der Waals surface area contributed by atoms with Crippen molar-refractivity contribution < 1.29 is 0 Å². The molecule has 2 aromatic carbocycles. The van der Waals surface area contributed by atoms with Crippen LogP contribution in [0.5, 0.6) is 0 Å². The largest absolute Gasteiger partial charge is 0.368 e. The molecule has 0 bridgehead atoms. The zero-order chi connectivity index (χ0) is 21.7. The normalized spacial score (nSPS) is 11.4. The molecule has 3 heterocycles. The number of anilines is 1. The van der Waals surface area contributed by atoms with Crippen molar-refractivity contribution in [2.24, 2.45) is 0 Å². The maximum Gasteiger partial charge on any atom is 0.222 e. The maximum absolute atomic E-state index is 6.82. The lowest BCUT2D eigenvalue weighted by molar-refractivity contribution is 0.863. The molecule has 0 radical (unpaired) electrons. The molecule has 5 rings (SSSR count). The van der Waals surface area contributed by atoms with Gasteiger partial charge in [-0.2, -0.15) is 15.2 Å². The molecule has 31 heavy (non-hydrogen) atoms. The number of fused-ring (bicyclic) bond motifs is 1. The standard InChI is InChI=1S/C23H20ClN7/c1-13-9-11-17(12-10-13)31-22-19(15(3)29-31)20(26-23(25)27-22)18-14(2)28-30(21(18)24)16-7-5-4-6-8-16/h4-12H,1-3H3,(H2,25,26,27). The Morgan fingerprint density at radius 3 is 2.13 bits per heavy atom. The molecule has 2 N–H and O–H groups in total. The number of hydrogen-bond donors (Lipinski definition) is 1. The topological polar surface area (TPSA) is 87.4 Å². The summed E-state index contributed by atoms with van der Waals surface area (Å²) in [6.45, 7) is 5.88. The van der Waals surface area contributed by atoms with Gasteiger partial charge in [-0.25, -0.2) is 14.3 Å². The summed E-state index contributed by atoms with van der Waals surface area (Å²) in [6, 6.07) is 17.8. The van der Waals surface area contributed by atoms with Crippen molar-refractivity contribution in [1.29, 1.82) is 0 Å². The number of nitrogens with two attached hydrogens (primary N) is 1. The van der Waals surface area contributed by atoms with Gasteiger partial charge >= 0.3 is 0 Å². The highest BCUT2D eigenvalue weighted by atomic mass is 35.5. The SMILES string of the molecule is Cc1ccc(-n2nc(C)c3c(-c4c(C)nn(-c5ccccc5)c4Cl)nc(N)nc32)cc1. The van der Waals surface area contributed by atoms with Crippen molar-refractivity contribution in [3.05, 3.63) is 76.7 Å². The van der Waals surface area contributed by atoms with Gasteiger partial charge < -0.3 is 5.73 Å². The van der Waals surface area contributed by atoms with Gasteiger partial charge in [0.05, 0.1) is 39.4 Å². The predicted octanol–water partition coefficient (Wildman–Crippen LogP) is 4.83. The maximum atomic E-state index is 6.82. The molecule has 0 spiro atoms. The quantitative estimate of drug-likeness (QED) is 0.443. The molecule has 0 atom stereocenters. The lowest BCUT2D eigenvalue weighted by Gasteiger charge is -2.07. The highest BCUT2D eigenvalue weighted by molar-refractivity contribution is 6.33. The molecule has 0 saturated heterocycles. The highest BCUT2D eigenvalue weighted by Gasteiger charge is 2.24. The van der Waals surface area contributed by atoms with E-state index >= 15 is 0 Å². The lowest BCUT2D eigenvalue weighted by Crippen LogP contribution is -2.02. The van der Waals surface area contributed by atoms with Crippen LogP contribution >= 0.6 is 11.6 Å². The molecule has 0 amide bonds. The van der Waals surface area contributed by atoms with Crippen molar-refractivity contribution >= 4 is 28.6 Å². The summed E-state index contributed by atoms with van der Waals surface area (Å²) < 4.78 is 3.49. The predicted molar refractivity (Wildman–Crippen MR) is 123 cm³/mol. The number of para-hydroxylation sites is 1. The van der Waals surface area contributed by atoms with Crippen molar-refractivity contribution in [3.63, 3.8) is 0 Å². The highest BCUT2D eigenvalue weighted by Crippen LogP contribution is 2.37. The molecule has 0 fully saturated rings. The second kappa shape index (κ2) is 7.21. The van der Waals surface area contributed by atoms with E-state index < -0.39 is 0 Å². The molecule has 0 saturated carbocycles. The zero-order valence-electron chi connectivity index (χ0n) is 17.3. The Balaban J connectivity index is 1.77. The average Bonchev–Trinajstić information content (AvgIpc) is 3.24. The van der Waals surface area contributed by atoms with Gasteiger partial charge in [-0.1, -0.05) is 47.5 Å². The number of hydrogen-bond acceptors (Lipinski definition) is 5. The first kappa shape index (κ1) is 19.3. The van der Waals surface area contributed by atoms with E-state index in [9.17, 15) is 0 Å². The third-order valence-electron chi connectivity index (χ3n) is 5.24. The van der Waals surface area contributed by atoms with Gasteiger partial charge in [-0.15, -0.1) is 0 Å². The van der Waals surface area contributed by atoms with Gasteiger partial charge in [0.25, 0.3) is 0 Å². The molecule has 5 aromatic rings. The van der Waals surface area contributed by atoms with Crippen LogP contribution in [0, 0.1) is 20.8 Å². The van der Waals surface area contributed by atoms with Crippen molar-refractivity contribution in [1.82, 2.24) is 29.5 Å². The number of rotatable bonds is 3. The van der Waals surface area contributed by atoms with Crippen molar-refractivity contribution in [2.45, 2.75) is 20.8 Å². The van der Waals surface area contributed by atoms with Crippen LogP contribution in [-0.4, -0.2) is 29.5 Å². The Labute approximate surface area is 184 Å². The van der Waals surface area contributed by atoms with E-state index in [1.54, 1.807) is 9.36 Å². The van der Waals surface area contributed by atoms with Gasteiger partial charge in [-0.3, -0.25) is 0 Å². The molecule has 3 aromatic heterocycles. The summed E-state index contributed by atoms with van der Waals surface area (Å²) in [5, 5.41) is 10.6. The minimum Gasteiger partial charge on any atom is -0.368 e. The molecule has 0 aliphatic rings.